The molecular formula is C28H33N5O. The van der Waals surface area contributed by atoms with Crippen LogP contribution in [0.4, 0.5) is 5.69 Å². The number of benzene rings is 1. The lowest BCUT2D eigenvalue weighted by molar-refractivity contribution is 0.0307. The number of nitrogens with one attached hydrogen (secondary N) is 1. The second kappa shape index (κ2) is 9.89. The number of H-pyrrole nitrogens is 1. The molecule has 0 spiro atoms. The molecule has 0 bridgehead atoms. The van der Waals surface area contributed by atoms with Crippen LogP contribution in [0.2, 0.25) is 0 Å². The Hall–Kier alpha value is -3.32. The van der Waals surface area contributed by atoms with Gasteiger partial charge in [0.25, 0.3) is 0 Å². The molecule has 1 aliphatic heterocycles. The third kappa shape index (κ3) is 5.25. The highest BCUT2D eigenvalue weighted by molar-refractivity contribution is 5.87. The van der Waals surface area contributed by atoms with Gasteiger partial charge in [0.05, 0.1) is 24.7 Å². The standard InChI is InChI=1S/C28H33N5O/c1-20-15-23(16-21(2)26(20)33-12-10-32(5)11-13-33)24-17-25-22(18-30-27(25)31-19-24)7-8-28(3,4)34-14-6-9-29/h15-19H,6,10-14H2,1-5H3,(H,30,31). The van der Waals surface area contributed by atoms with E-state index in [1.54, 1.807) is 0 Å². The SMILES string of the molecule is Cc1cc(-c2cnc3[nH]cc(C#CC(C)(C)OCCC#N)c3c2)cc(C)c1N1CCN(C)CC1. The number of aromatic nitrogens is 2. The van der Waals surface area contributed by atoms with Crippen molar-refractivity contribution in [3.63, 3.8) is 0 Å². The van der Waals surface area contributed by atoms with Crippen LogP contribution in [0.25, 0.3) is 22.2 Å². The van der Waals surface area contributed by atoms with Crippen molar-refractivity contribution < 1.29 is 4.74 Å². The number of hydrogen-bond acceptors (Lipinski definition) is 5. The highest BCUT2D eigenvalue weighted by Gasteiger charge is 2.19. The Kier molecular flexibility index (Phi) is 6.93. The van der Waals surface area contributed by atoms with Crippen LogP contribution < -0.4 is 4.90 Å². The van der Waals surface area contributed by atoms with Gasteiger partial charge in [-0.1, -0.05) is 11.8 Å². The van der Waals surface area contributed by atoms with Crippen LogP contribution in [-0.2, 0) is 4.74 Å². The predicted molar refractivity (Wildman–Crippen MR) is 138 cm³/mol. The summed E-state index contributed by atoms with van der Waals surface area (Å²) in [4.78, 5) is 12.8. The number of ether oxygens (including phenoxy) is 1. The number of piperazine rings is 1. The van der Waals surface area contributed by atoms with Gasteiger partial charge in [-0.3, -0.25) is 0 Å². The Labute approximate surface area is 202 Å². The first kappa shape index (κ1) is 23.8. The highest BCUT2D eigenvalue weighted by Crippen LogP contribution is 2.32. The van der Waals surface area contributed by atoms with Gasteiger partial charge in [-0.25, -0.2) is 4.98 Å². The molecule has 1 fully saturated rings. The molecule has 0 radical (unpaired) electrons. The number of nitrogens with zero attached hydrogens (tertiary/aromatic N) is 4. The van der Waals surface area contributed by atoms with Gasteiger partial charge in [0.2, 0.25) is 0 Å². The number of likely N-dealkylation sites (N-methyl/N-ethyl adjacent to an activating group) is 1. The molecule has 0 saturated carbocycles. The van der Waals surface area contributed by atoms with E-state index in [-0.39, 0.29) is 0 Å². The van der Waals surface area contributed by atoms with Crippen molar-refractivity contribution in [2.24, 2.45) is 0 Å². The first-order chi connectivity index (χ1) is 16.3. The predicted octanol–water partition coefficient (Wildman–Crippen LogP) is 4.66. The van der Waals surface area contributed by atoms with E-state index in [1.165, 1.54) is 22.4 Å². The van der Waals surface area contributed by atoms with E-state index in [0.29, 0.717) is 13.0 Å². The Morgan fingerprint density at radius 1 is 1.09 bits per heavy atom. The quantitative estimate of drug-likeness (QED) is 0.448. The number of fused-ring (bicyclic) bond motifs is 1. The minimum Gasteiger partial charge on any atom is -0.369 e. The summed E-state index contributed by atoms with van der Waals surface area (Å²) in [6.45, 7) is 12.9. The van der Waals surface area contributed by atoms with Crippen LogP contribution in [0.5, 0.6) is 0 Å². The summed E-state index contributed by atoms with van der Waals surface area (Å²) in [6, 6.07) is 8.80. The van der Waals surface area contributed by atoms with E-state index in [4.69, 9.17) is 10.00 Å². The monoisotopic (exact) mass is 455 g/mol. The molecule has 1 saturated heterocycles. The van der Waals surface area contributed by atoms with E-state index in [9.17, 15) is 0 Å². The molecule has 34 heavy (non-hydrogen) atoms. The molecule has 0 amide bonds. The maximum Gasteiger partial charge on any atom is 0.138 e. The Balaban J connectivity index is 1.63. The van der Waals surface area contributed by atoms with Gasteiger partial charge in [-0.15, -0.1) is 0 Å². The first-order valence-electron chi connectivity index (χ1n) is 11.8. The smallest absolute Gasteiger partial charge is 0.138 e. The van der Waals surface area contributed by atoms with E-state index < -0.39 is 5.60 Å². The second-order valence-electron chi connectivity index (χ2n) is 9.59. The van der Waals surface area contributed by atoms with E-state index >= 15 is 0 Å². The van der Waals surface area contributed by atoms with Crippen molar-refractivity contribution in [1.29, 1.82) is 5.26 Å². The summed E-state index contributed by atoms with van der Waals surface area (Å²) < 4.78 is 5.74. The largest absolute Gasteiger partial charge is 0.369 e. The van der Waals surface area contributed by atoms with Gasteiger partial charge in [-0.2, -0.15) is 5.26 Å². The molecule has 0 atom stereocenters. The number of anilines is 1. The fourth-order valence-electron chi connectivity index (χ4n) is 4.52. The van der Waals surface area contributed by atoms with E-state index in [2.05, 4.69) is 76.8 Å². The number of nitriles is 1. The summed E-state index contributed by atoms with van der Waals surface area (Å²) in [7, 11) is 2.19. The summed E-state index contributed by atoms with van der Waals surface area (Å²) in [5, 5.41) is 9.72. The molecule has 3 heterocycles. The molecule has 0 aliphatic carbocycles. The number of pyridine rings is 1. The lowest BCUT2D eigenvalue weighted by Gasteiger charge is -2.36. The molecule has 6 nitrogen and oxygen atoms in total. The molecule has 2 aromatic heterocycles. The highest BCUT2D eigenvalue weighted by atomic mass is 16.5. The van der Waals surface area contributed by atoms with Crippen molar-refractivity contribution in [1.82, 2.24) is 14.9 Å². The molecule has 176 valence electrons. The number of rotatable bonds is 5. The van der Waals surface area contributed by atoms with Gasteiger partial charge in [-0.05, 0) is 69.6 Å². The Morgan fingerprint density at radius 2 is 1.79 bits per heavy atom. The van der Waals surface area contributed by atoms with Crippen LogP contribution in [0.3, 0.4) is 0 Å². The van der Waals surface area contributed by atoms with Gasteiger partial charge < -0.3 is 19.5 Å². The summed E-state index contributed by atoms with van der Waals surface area (Å²) in [6.07, 6.45) is 4.18. The van der Waals surface area contributed by atoms with Gasteiger partial charge in [0.1, 0.15) is 11.2 Å². The normalized spacial score (nSPS) is 14.6. The van der Waals surface area contributed by atoms with Gasteiger partial charge >= 0.3 is 0 Å². The van der Waals surface area contributed by atoms with E-state index in [0.717, 1.165) is 48.3 Å². The van der Waals surface area contributed by atoms with Crippen molar-refractivity contribution in [2.45, 2.75) is 39.7 Å². The zero-order chi connectivity index (χ0) is 24.3. The molecular weight excluding hydrogens is 422 g/mol. The number of hydrogen-bond donors (Lipinski definition) is 1. The van der Waals surface area contributed by atoms with Crippen LogP contribution in [0.1, 0.15) is 37.0 Å². The van der Waals surface area contributed by atoms with Crippen LogP contribution >= 0.6 is 0 Å². The van der Waals surface area contributed by atoms with Crippen LogP contribution in [0, 0.1) is 37.0 Å². The van der Waals surface area contributed by atoms with Crippen LogP contribution in [-0.4, -0.2) is 60.3 Å². The number of aromatic amines is 1. The number of aryl methyl sites for hydroxylation is 2. The molecule has 1 N–H and O–H groups in total. The van der Waals surface area contributed by atoms with Crippen molar-refractivity contribution in [3.05, 3.63) is 47.3 Å². The summed E-state index contributed by atoms with van der Waals surface area (Å²) in [5.74, 6) is 6.45. The molecule has 3 aromatic rings. The molecule has 1 aliphatic rings. The van der Waals surface area contributed by atoms with E-state index in [1.807, 2.05) is 26.2 Å². The Bertz CT molecular complexity index is 1260. The molecule has 6 heteroatoms. The van der Waals surface area contributed by atoms with Crippen LogP contribution in [0.15, 0.2) is 30.6 Å². The van der Waals surface area contributed by atoms with Gasteiger partial charge in [0.15, 0.2) is 0 Å². The lowest BCUT2D eigenvalue weighted by atomic mass is 9.98. The average Bonchev–Trinajstić information content (AvgIpc) is 3.21. The minimum atomic E-state index is -0.626. The van der Waals surface area contributed by atoms with Gasteiger partial charge in [0, 0.05) is 55.2 Å². The Morgan fingerprint density at radius 3 is 2.47 bits per heavy atom. The van der Waals surface area contributed by atoms with Crippen molar-refractivity contribution in [2.75, 3.05) is 44.7 Å². The zero-order valence-corrected chi connectivity index (χ0v) is 20.8. The lowest BCUT2D eigenvalue weighted by Crippen LogP contribution is -2.45. The summed E-state index contributed by atoms with van der Waals surface area (Å²) >= 11 is 0. The minimum absolute atomic E-state index is 0.359. The third-order valence-corrected chi connectivity index (χ3v) is 6.35. The zero-order valence-electron chi connectivity index (χ0n) is 20.8. The first-order valence-corrected chi connectivity index (χ1v) is 11.8. The molecule has 4 rings (SSSR count). The van der Waals surface area contributed by atoms with Crippen molar-refractivity contribution >= 4 is 16.7 Å². The summed E-state index contributed by atoms with van der Waals surface area (Å²) in [5.41, 5.74) is 7.28. The maximum atomic E-state index is 8.73. The molecule has 1 aromatic carbocycles. The fraction of sp³-hybridized carbons (Fsp3) is 0.429. The van der Waals surface area contributed by atoms with Crippen molar-refractivity contribution in [3.8, 4) is 29.0 Å². The average molecular weight is 456 g/mol. The maximum absolute atomic E-state index is 8.73. The fourth-order valence-corrected chi connectivity index (χ4v) is 4.52. The topological polar surface area (TPSA) is 68.2 Å². The molecule has 0 unspecified atom stereocenters. The third-order valence-electron chi connectivity index (χ3n) is 6.35. The second-order valence-corrected chi connectivity index (χ2v) is 9.59.